The van der Waals surface area contributed by atoms with Crippen molar-refractivity contribution in [2.24, 2.45) is 5.92 Å². The molecule has 0 unspecified atom stereocenters. The number of alkyl halides is 3. The molecule has 0 aliphatic heterocycles. The molecule has 216 valence electrons. The highest BCUT2D eigenvalue weighted by Gasteiger charge is 2.46. The standard InChI is InChI=1S/C27H26BrF4N7O2/c1-26(2,14-38-13-15(11-35-38)27(30,31)32)37-24(41)22(9-17-12-34-25-33-6-3-7-39(17)25)36-23(40)20-10-19(20)18-5-4-16(28)8-21(18)29/h3-8,11-13,19-20,22H,9-10,14H2,1-2H3,(H,36,40)(H,37,41)/t19-,20+,22+/m0/s1. The molecule has 1 fully saturated rings. The van der Waals surface area contributed by atoms with Gasteiger partial charge in [-0.15, -0.1) is 0 Å². The monoisotopic (exact) mass is 635 g/mol. The number of imidazole rings is 1. The van der Waals surface area contributed by atoms with E-state index in [0.29, 0.717) is 27.9 Å². The van der Waals surface area contributed by atoms with Crippen molar-refractivity contribution in [1.82, 2.24) is 34.8 Å². The Hall–Kier alpha value is -3.81. The first-order chi connectivity index (χ1) is 19.3. The van der Waals surface area contributed by atoms with E-state index in [0.717, 1.165) is 17.1 Å². The number of fused-ring (bicyclic) bond motifs is 1. The lowest BCUT2D eigenvalue weighted by atomic mass is 10.0. The maximum atomic E-state index is 14.5. The van der Waals surface area contributed by atoms with Crippen LogP contribution in [0.5, 0.6) is 0 Å². The normalized spacial score (nSPS) is 17.8. The molecule has 0 bridgehead atoms. The molecule has 9 nitrogen and oxygen atoms in total. The highest BCUT2D eigenvalue weighted by atomic mass is 79.9. The highest BCUT2D eigenvalue weighted by molar-refractivity contribution is 9.10. The van der Waals surface area contributed by atoms with E-state index in [2.05, 4.69) is 41.6 Å². The second kappa shape index (κ2) is 10.9. The largest absolute Gasteiger partial charge is 0.419 e. The summed E-state index contributed by atoms with van der Waals surface area (Å²) < 4.78 is 56.9. The summed E-state index contributed by atoms with van der Waals surface area (Å²) in [4.78, 5) is 35.2. The SMILES string of the molecule is CC(C)(Cn1cc(C(F)(F)F)cn1)NC(=O)[C@@H](Cc1cnc2ncccn12)NC(=O)[C@@H]1C[C@H]1c1ccc(Br)cc1F. The number of benzene rings is 1. The molecule has 2 amide bonds. The zero-order valence-corrected chi connectivity index (χ0v) is 23.6. The first-order valence-electron chi connectivity index (χ1n) is 12.7. The van der Waals surface area contributed by atoms with Gasteiger partial charge in [0.25, 0.3) is 0 Å². The average molecular weight is 636 g/mol. The number of hydrogen-bond acceptors (Lipinski definition) is 5. The molecule has 0 spiro atoms. The maximum Gasteiger partial charge on any atom is 0.419 e. The predicted octanol–water partition coefficient (Wildman–Crippen LogP) is 4.27. The summed E-state index contributed by atoms with van der Waals surface area (Å²) in [6.45, 7) is 3.23. The molecule has 14 heteroatoms. The molecule has 1 aliphatic carbocycles. The van der Waals surface area contributed by atoms with Gasteiger partial charge in [-0.25, -0.2) is 14.4 Å². The summed E-state index contributed by atoms with van der Waals surface area (Å²) in [5.41, 5.74) is -0.883. The van der Waals surface area contributed by atoms with Crippen LogP contribution in [0.15, 0.2) is 59.7 Å². The smallest absolute Gasteiger partial charge is 0.348 e. The van der Waals surface area contributed by atoms with Gasteiger partial charge in [-0.3, -0.25) is 18.7 Å². The minimum absolute atomic E-state index is 0.0530. The third-order valence-corrected chi connectivity index (χ3v) is 7.37. The van der Waals surface area contributed by atoms with Crippen LogP contribution in [-0.2, 0) is 28.7 Å². The topological polar surface area (TPSA) is 106 Å². The van der Waals surface area contributed by atoms with Gasteiger partial charge in [0.2, 0.25) is 17.6 Å². The average Bonchev–Trinajstić information content (AvgIpc) is 3.34. The van der Waals surface area contributed by atoms with Gasteiger partial charge in [0, 0.05) is 41.1 Å². The van der Waals surface area contributed by atoms with Crippen LogP contribution in [-0.4, -0.2) is 47.5 Å². The Labute approximate surface area is 240 Å². The van der Waals surface area contributed by atoms with Gasteiger partial charge in [-0.1, -0.05) is 22.0 Å². The summed E-state index contributed by atoms with van der Waals surface area (Å²) in [5, 5.41) is 9.41. The van der Waals surface area contributed by atoms with Crippen molar-refractivity contribution in [2.75, 3.05) is 0 Å². The van der Waals surface area contributed by atoms with E-state index in [1.807, 2.05) is 0 Å². The van der Waals surface area contributed by atoms with Crippen molar-refractivity contribution < 1.29 is 27.2 Å². The lowest BCUT2D eigenvalue weighted by Gasteiger charge is -2.29. The first-order valence-corrected chi connectivity index (χ1v) is 13.5. The molecule has 3 aromatic heterocycles. The predicted molar refractivity (Wildman–Crippen MR) is 143 cm³/mol. The molecular weight excluding hydrogens is 610 g/mol. The number of rotatable bonds is 9. The summed E-state index contributed by atoms with van der Waals surface area (Å²) in [7, 11) is 0. The van der Waals surface area contributed by atoms with Gasteiger partial charge in [-0.2, -0.15) is 18.3 Å². The number of carbonyl (C=O) groups is 2. The molecule has 2 N–H and O–H groups in total. The minimum atomic E-state index is -4.54. The molecule has 41 heavy (non-hydrogen) atoms. The maximum absolute atomic E-state index is 14.5. The molecule has 1 saturated carbocycles. The lowest BCUT2D eigenvalue weighted by Crippen LogP contribution is -2.55. The van der Waals surface area contributed by atoms with Crippen molar-refractivity contribution in [2.45, 2.75) is 56.9 Å². The van der Waals surface area contributed by atoms with Gasteiger partial charge >= 0.3 is 6.18 Å². The van der Waals surface area contributed by atoms with Crippen molar-refractivity contribution in [1.29, 1.82) is 0 Å². The molecule has 1 aromatic carbocycles. The Morgan fingerprint density at radius 1 is 1.20 bits per heavy atom. The van der Waals surface area contributed by atoms with Crippen LogP contribution >= 0.6 is 15.9 Å². The Balaban J connectivity index is 1.32. The molecule has 1 aliphatic rings. The highest BCUT2D eigenvalue weighted by Crippen LogP contribution is 2.48. The first kappa shape index (κ1) is 28.7. The van der Waals surface area contributed by atoms with Crippen LogP contribution in [0.25, 0.3) is 5.78 Å². The van der Waals surface area contributed by atoms with Crippen LogP contribution in [0.3, 0.4) is 0 Å². The minimum Gasteiger partial charge on any atom is -0.348 e. The number of amides is 2. The summed E-state index contributed by atoms with van der Waals surface area (Å²) >= 11 is 3.23. The third-order valence-electron chi connectivity index (χ3n) is 6.88. The number of hydrogen-bond donors (Lipinski definition) is 2. The van der Waals surface area contributed by atoms with Crippen LogP contribution in [0.1, 0.15) is 43.0 Å². The fourth-order valence-electron chi connectivity index (χ4n) is 4.82. The quantitative estimate of drug-likeness (QED) is 0.267. The number of aromatic nitrogens is 5. The van der Waals surface area contributed by atoms with Crippen molar-refractivity contribution in [3.63, 3.8) is 0 Å². The molecule has 4 aromatic rings. The second-order valence-corrected chi connectivity index (χ2v) is 11.6. The number of nitrogens with zero attached hydrogens (tertiary/aromatic N) is 5. The van der Waals surface area contributed by atoms with Crippen LogP contribution in [0.2, 0.25) is 0 Å². The molecule has 3 heterocycles. The molecule has 0 saturated heterocycles. The summed E-state index contributed by atoms with van der Waals surface area (Å²) in [6, 6.07) is 5.34. The van der Waals surface area contributed by atoms with E-state index in [1.165, 1.54) is 6.07 Å². The van der Waals surface area contributed by atoms with Crippen molar-refractivity contribution >= 4 is 33.5 Å². The van der Waals surface area contributed by atoms with Crippen LogP contribution in [0.4, 0.5) is 17.6 Å². The lowest BCUT2D eigenvalue weighted by molar-refractivity contribution is -0.137. The van der Waals surface area contributed by atoms with Crippen LogP contribution in [0, 0.1) is 11.7 Å². The fourth-order valence-corrected chi connectivity index (χ4v) is 5.15. The van der Waals surface area contributed by atoms with E-state index >= 15 is 0 Å². The number of halogens is 5. The summed E-state index contributed by atoms with van der Waals surface area (Å²) in [5.74, 6) is -1.77. The van der Waals surface area contributed by atoms with Gasteiger partial charge in [0.1, 0.15) is 11.9 Å². The fraction of sp³-hybridized carbons (Fsp3) is 0.370. The molecule has 0 radical (unpaired) electrons. The van der Waals surface area contributed by atoms with Crippen molar-refractivity contribution in [3.8, 4) is 0 Å². The van der Waals surface area contributed by atoms with Crippen molar-refractivity contribution in [3.05, 3.63) is 82.4 Å². The zero-order valence-electron chi connectivity index (χ0n) is 22.0. The zero-order chi connectivity index (χ0) is 29.5. The van der Waals surface area contributed by atoms with E-state index < -0.39 is 46.9 Å². The third kappa shape index (κ3) is 6.58. The molecule has 5 rings (SSSR count). The van der Waals surface area contributed by atoms with E-state index in [1.54, 1.807) is 55.0 Å². The summed E-state index contributed by atoms with van der Waals surface area (Å²) in [6.07, 6.45) is 2.41. The molecular formula is C27H26BrF4N7O2. The van der Waals surface area contributed by atoms with Gasteiger partial charge in [0.15, 0.2) is 0 Å². The number of nitrogens with one attached hydrogen (secondary N) is 2. The van der Waals surface area contributed by atoms with E-state index in [-0.39, 0.29) is 18.9 Å². The van der Waals surface area contributed by atoms with Gasteiger partial charge < -0.3 is 10.6 Å². The Morgan fingerprint density at radius 2 is 1.98 bits per heavy atom. The Morgan fingerprint density at radius 3 is 2.68 bits per heavy atom. The molecule has 3 atom stereocenters. The second-order valence-electron chi connectivity index (χ2n) is 10.7. The van der Waals surface area contributed by atoms with E-state index in [9.17, 15) is 27.2 Å². The number of carbonyl (C=O) groups excluding carboxylic acids is 2. The van der Waals surface area contributed by atoms with E-state index in [4.69, 9.17) is 0 Å². The van der Waals surface area contributed by atoms with Crippen LogP contribution < -0.4 is 10.6 Å². The Bertz CT molecular complexity index is 1600. The van der Waals surface area contributed by atoms with Gasteiger partial charge in [-0.05, 0) is 49.9 Å². The van der Waals surface area contributed by atoms with Gasteiger partial charge in [0.05, 0.1) is 30.0 Å². The Kier molecular flexibility index (Phi) is 7.62.